The molecule has 0 unspecified atom stereocenters. The quantitative estimate of drug-likeness (QED) is 0.768. The van der Waals surface area contributed by atoms with Gasteiger partial charge in [-0.25, -0.2) is 4.98 Å². The molecule has 0 aliphatic rings. The van der Waals surface area contributed by atoms with Crippen LogP contribution < -0.4 is 0 Å². The fourth-order valence-electron chi connectivity index (χ4n) is 1.49. The molecule has 1 nitrogen and oxygen atoms in total. The summed E-state index contributed by atoms with van der Waals surface area (Å²) in [6.07, 6.45) is 1.98. The Hall–Kier alpha value is -1.28. The second-order valence-electron chi connectivity index (χ2n) is 5.05. The van der Waals surface area contributed by atoms with Crippen LogP contribution in [0.2, 0.25) is 0 Å². The van der Waals surface area contributed by atoms with E-state index in [0.29, 0.717) is 0 Å². The van der Waals surface area contributed by atoms with Crippen LogP contribution >= 0.6 is 11.8 Å². The van der Waals surface area contributed by atoms with Crippen molar-refractivity contribution in [1.82, 2.24) is 4.98 Å². The van der Waals surface area contributed by atoms with Gasteiger partial charge in [0.2, 0.25) is 0 Å². The lowest BCUT2D eigenvalue weighted by Gasteiger charge is -2.18. The van der Waals surface area contributed by atoms with Crippen LogP contribution in [0.25, 0.3) is 0 Å². The summed E-state index contributed by atoms with van der Waals surface area (Å²) in [5.74, 6) is 0. The first-order valence-corrected chi connectivity index (χ1v) is 6.57. The van der Waals surface area contributed by atoms with E-state index in [2.05, 4.69) is 50.0 Å². The third kappa shape index (κ3) is 3.34. The van der Waals surface area contributed by atoms with Crippen LogP contribution in [-0.4, -0.2) is 4.98 Å². The zero-order chi connectivity index (χ0) is 12.3. The van der Waals surface area contributed by atoms with Crippen molar-refractivity contribution in [3.05, 3.63) is 54.2 Å². The van der Waals surface area contributed by atoms with Gasteiger partial charge >= 0.3 is 0 Å². The number of pyridine rings is 1. The highest BCUT2D eigenvalue weighted by Gasteiger charge is 2.13. The minimum absolute atomic E-state index is 0.170. The van der Waals surface area contributed by atoms with E-state index in [4.69, 9.17) is 0 Å². The normalized spacial score (nSPS) is 11.5. The van der Waals surface area contributed by atoms with Crippen molar-refractivity contribution in [2.45, 2.75) is 36.1 Å². The van der Waals surface area contributed by atoms with Gasteiger partial charge in [0.25, 0.3) is 0 Å². The van der Waals surface area contributed by atoms with Gasteiger partial charge in [0.05, 0.1) is 0 Å². The fourth-order valence-corrected chi connectivity index (χ4v) is 2.27. The first-order valence-electron chi connectivity index (χ1n) is 5.75. The maximum absolute atomic E-state index is 4.50. The molecule has 2 rings (SSSR count). The Bertz CT molecular complexity index is 469. The van der Waals surface area contributed by atoms with Crippen LogP contribution in [0.1, 0.15) is 26.3 Å². The Kier molecular flexibility index (Phi) is 3.53. The van der Waals surface area contributed by atoms with E-state index in [-0.39, 0.29) is 5.41 Å². The van der Waals surface area contributed by atoms with Gasteiger partial charge in [-0.1, -0.05) is 56.8 Å². The summed E-state index contributed by atoms with van der Waals surface area (Å²) >= 11 is 1.70. The van der Waals surface area contributed by atoms with Crippen LogP contribution in [0.4, 0.5) is 0 Å². The molecule has 0 saturated heterocycles. The highest BCUT2D eigenvalue weighted by Crippen LogP contribution is 2.27. The molecule has 0 amide bonds. The molecule has 2 heteroatoms. The van der Waals surface area contributed by atoms with E-state index in [1.54, 1.807) is 11.8 Å². The van der Waals surface area contributed by atoms with E-state index in [0.717, 1.165) is 5.03 Å². The van der Waals surface area contributed by atoms with Crippen LogP contribution in [0, 0.1) is 0 Å². The van der Waals surface area contributed by atoms with Crippen molar-refractivity contribution < 1.29 is 0 Å². The third-order valence-corrected chi connectivity index (χ3v) is 3.53. The number of rotatable bonds is 2. The Morgan fingerprint density at radius 3 is 2.18 bits per heavy atom. The molecule has 0 aliphatic heterocycles. The van der Waals surface area contributed by atoms with Gasteiger partial charge in [0.1, 0.15) is 5.03 Å². The minimum Gasteiger partial charge on any atom is -0.249 e. The van der Waals surface area contributed by atoms with Crippen molar-refractivity contribution in [3.8, 4) is 0 Å². The van der Waals surface area contributed by atoms with Gasteiger partial charge in [-0.2, -0.15) is 0 Å². The van der Waals surface area contributed by atoms with E-state index in [1.165, 1.54) is 10.5 Å². The van der Waals surface area contributed by atoms with Gasteiger partial charge in [-0.05, 0) is 29.2 Å². The molecule has 88 valence electrons. The van der Waals surface area contributed by atoms with Crippen molar-refractivity contribution in [3.63, 3.8) is 0 Å². The maximum Gasteiger partial charge on any atom is 0.101 e. The monoisotopic (exact) mass is 243 g/mol. The molecule has 0 radical (unpaired) electrons. The van der Waals surface area contributed by atoms with Crippen LogP contribution in [0.5, 0.6) is 0 Å². The summed E-state index contributed by atoms with van der Waals surface area (Å²) in [4.78, 5) is 5.73. The molecule has 17 heavy (non-hydrogen) atoms. The molecule has 0 atom stereocenters. The molecule has 0 fully saturated rings. The molecule has 0 bridgehead atoms. The molecular formula is C15H17NS. The fraction of sp³-hybridized carbons (Fsp3) is 0.267. The summed E-state index contributed by atoms with van der Waals surface area (Å²) < 4.78 is 0. The van der Waals surface area contributed by atoms with E-state index < -0.39 is 0 Å². The molecule has 0 saturated carbocycles. The van der Waals surface area contributed by atoms with E-state index >= 15 is 0 Å². The summed E-state index contributed by atoms with van der Waals surface area (Å²) in [6, 6.07) is 14.6. The number of benzene rings is 1. The van der Waals surface area contributed by atoms with Gasteiger partial charge in [-0.3, -0.25) is 0 Å². The van der Waals surface area contributed by atoms with Crippen LogP contribution in [-0.2, 0) is 5.41 Å². The lowest BCUT2D eigenvalue weighted by molar-refractivity contribution is 0.586. The minimum atomic E-state index is 0.170. The maximum atomic E-state index is 4.50. The Morgan fingerprint density at radius 2 is 1.65 bits per heavy atom. The molecular weight excluding hydrogens is 226 g/mol. The van der Waals surface area contributed by atoms with E-state index in [1.807, 2.05) is 24.4 Å². The molecule has 1 heterocycles. The second kappa shape index (κ2) is 4.92. The second-order valence-corrected chi connectivity index (χ2v) is 6.14. The smallest absolute Gasteiger partial charge is 0.101 e. The Morgan fingerprint density at radius 1 is 0.941 bits per heavy atom. The summed E-state index contributed by atoms with van der Waals surface area (Å²) in [5, 5.41) is 1.05. The molecule has 0 spiro atoms. The predicted octanol–water partition coefficient (Wildman–Crippen LogP) is 4.53. The van der Waals surface area contributed by atoms with Crippen molar-refractivity contribution in [1.29, 1.82) is 0 Å². The molecule has 1 aromatic carbocycles. The molecule has 2 aromatic rings. The van der Waals surface area contributed by atoms with Crippen molar-refractivity contribution in [2.24, 2.45) is 0 Å². The van der Waals surface area contributed by atoms with E-state index in [9.17, 15) is 0 Å². The molecule has 0 N–H and O–H groups in total. The van der Waals surface area contributed by atoms with Gasteiger partial charge in [0.15, 0.2) is 0 Å². The SMILES string of the molecule is CC(C)(C)c1ccc(Sc2ccccc2)nc1. The van der Waals surface area contributed by atoms with Gasteiger partial charge < -0.3 is 0 Å². The number of hydrogen-bond acceptors (Lipinski definition) is 2. The molecule has 0 aliphatic carbocycles. The Labute approximate surface area is 107 Å². The molecule has 1 aromatic heterocycles. The summed E-state index contributed by atoms with van der Waals surface area (Å²) in [7, 11) is 0. The largest absolute Gasteiger partial charge is 0.249 e. The predicted molar refractivity (Wildman–Crippen MR) is 73.5 cm³/mol. The topological polar surface area (TPSA) is 12.9 Å². The highest BCUT2D eigenvalue weighted by molar-refractivity contribution is 7.99. The average Bonchev–Trinajstić information content (AvgIpc) is 2.30. The summed E-state index contributed by atoms with van der Waals surface area (Å²) in [5.41, 5.74) is 1.44. The van der Waals surface area contributed by atoms with Gasteiger partial charge in [0, 0.05) is 11.1 Å². The third-order valence-electron chi connectivity index (χ3n) is 2.57. The lowest BCUT2D eigenvalue weighted by Crippen LogP contribution is -2.11. The summed E-state index contributed by atoms with van der Waals surface area (Å²) in [6.45, 7) is 6.61. The van der Waals surface area contributed by atoms with Crippen molar-refractivity contribution >= 4 is 11.8 Å². The van der Waals surface area contributed by atoms with Gasteiger partial charge in [-0.15, -0.1) is 0 Å². The number of hydrogen-bond donors (Lipinski definition) is 0. The average molecular weight is 243 g/mol. The Balaban J connectivity index is 2.14. The first kappa shape index (κ1) is 12.2. The van der Waals surface area contributed by atoms with Crippen molar-refractivity contribution in [2.75, 3.05) is 0 Å². The number of nitrogens with zero attached hydrogens (tertiary/aromatic N) is 1. The van der Waals surface area contributed by atoms with Crippen LogP contribution in [0.3, 0.4) is 0 Å². The number of aromatic nitrogens is 1. The highest BCUT2D eigenvalue weighted by atomic mass is 32.2. The first-order chi connectivity index (χ1) is 8.05. The zero-order valence-corrected chi connectivity index (χ0v) is 11.3. The zero-order valence-electron chi connectivity index (χ0n) is 10.5. The van der Waals surface area contributed by atoms with Crippen LogP contribution in [0.15, 0.2) is 58.6 Å². The standard InChI is InChI=1S/C15H17NS/c1-15(2,3)12-9-10-14(16-11-12)17-13-7-5-4-6-8-13/h4-11H,1-3H3. The lowest BCUT2D eigenvalue weighted by atomic mass is 9.88.